The van der Waals surface area contributed by atoms with Crippen LogP contribution in [0.4, 0.5) is 11.7 Å². The Bertz CT molecular complexity index is 744. The summed E-state index contributed by atoms with van der Waals surface area (Å²) in [5.74, 6) is 0.123. The summed E-state index contributed by atoms with van der Waals surface area (Å²) >= 11 is 6.52. The third-order valence-corrected chi connectivity index (χ3v) is 3.34. The van der Waals surface area contributed by atoms with Gasteiger partial charge in [0.2, 0.25) is 0 Å². The van der Waals surface area contributed by atoms with Crippen LogP contribution in [0.1, 0.15) is 0 Å². The van der Waals surface area contributed by atoms with Gasteiger partial charge in [0.05, 0.1) is 5.69 Å². The van der Waals surface area contributed by atoms with E-state index in [0.29, 0.717) is 11.3 Å². The quantitative estimate of drug-likeness (QED) is 0.392. The fourth-order valence-electron chi connectivity index (χ4n) is 1.44. The average Bonchev–Trinajstić information content (AvgIpc) is 2.74. The van der Waals surface area contributed by atoms with E-state index < -0.39 is 0 Å². The van der Waals surface area contributed by atoms with Gasteiger partial charge in [-0.25, -0.2) is 0 Å². The molecule has 0 atom stereocenters. The SMILES string of the molecule is Nc1cc(Br)ccc1O.Nc1nc2cc(Br)ccc2o1. The number of nitrogens with zero attached hydrogens (tertiary/aromatic N) is 1. The van der Waals surface area contributed by atoms with Crippen LogP contribution in [0.15, 0.2) is 49.8 Å². The third-order valence-electron chi connectivity index (χ3n) is 2.36. The molecule has 0 aliphatic rings. The van der Waals surface area contributed by atoms with Gasteiger partial charge in [0.15, 0.2) is 5.58 Å². The lowest BCUT2D eigenvalue weighted by molar-refractivity contribution is 0.478. The molecule has 0 saturated heterocycles. The van der Waals surface area contributed by atoms with Crippen molar-refractivity contribution < 1.29 is 9.52 Å². The van der Waals surface area contributed by atoms with E-state index in [1.165, 1.54) is 0 Å². The van der Waals surface area contributed by atoms with Crippen molar-refractivity contribution in [3.63, 3.8) is 0 Å². The van der Waals surface area contributed by atoms with Gasteiger partial charge in [-0.15, -0.1) is 0 Å². The molecule has 0 aliphatic carbocycles. The summed E-state index contributed by atoms with van der Waals surface area (Å²) in [5.41, 5.74) is 12.6. The van der Waals surface area contributed by atoms with Gasteiger partial charge in [-0.1, -0.05) is 31.9 Å². The van der Waals surface area contributed by atoms with Gasteiger partial charge in [-0.2, -0.15) is 4.98 Å². The van der Waals surface area contributed by atoms with E-state index in [1.54, 1.807) is 18.2 Å². The van der Waals surface area contributed by atoms with Crippen LogP contribution in [0.3, 0.4) is 0 Å². The topological polar surface area (TPSA) is 98.3 Å². The fourth-order valence-corrected chi connectivity index (χ4v) is 2.17. The standard InChI is InChI=1S/C7H5BrN2O.C6H6BrNO/c8-4-1-2-6-5(3-4)10-7(9)11-6;7-4-1-2-6(9)5(8)3-4/h1-3H,(H2,9,10);1-3,9H,8H2. The molecule has 0 aliphatic heterocycles. The van der Waals surface area contributed by atoms with Gasteiger partial charge in [-0.3, -0.25) is 0 Å². The van der Waals surface area contributed by atoms with Crippen molar-refractivity contribution in [3.05, 3.63) is 45.3 Å². The van der Waals surface area contributed by atoms with Crippen LogP contribution in [-0.2, 0) is 0 Å². The minimum atomic E-state index is 0.123. The second-order valence-corrected chi connectivity index (χ2v) is 5.70. The lowest BCUT2D eigenvalue weighted by Gasteiger charge is -1.96. The monoisotopic (exact) mass is 399 g/mol. The maximum absolute atomic E-state index is 8.90. The van der Waals surface area contributed by atoms with Gasteiger partial charge >= 0.3 is 0 Å². The molecule has 5 N–H and O–H groups in total. The highest BCUT2D eigenvalue weighted by Crippen LogP contribution is 2.23. The first-order chi connectivity index (χ1) is 9.45. The first-order valence-electron chi connectivity index (χ1n) is 5.51. The minimum Gasteiger partial charge on any atom is -0.506 e. The maximum atomic E-state index is 8.90. The highest BCUT2D eigenvalue weighted by Gasteiger charge is 2.01. The van der Waals surface area contributed by atoms with Crippen LogP contribution in [0.25, 0.3) is 11.1 Å². The van der Waals surface area contributed by atoms with Crippen molar-refractivity contribution in [2.45, 2.75) is 0 Å². The van der Waals surface area contributed by atoms with Crippen LogP contribution in [0.2, 0.25) is 0 Å². The molecule has 20 heavy (non-hydrogen) atoms. The highest BCUT2D eigenvalue weighted by atomic mass is 79.9. The zero-order chi connectivity index (χ0) is 14.7. The number of phenols is 1. The molecular weight excluding hydrogens is 390 g/mol. The molecule has 0 radical (unpaired) electrons. The number of aromatic hydroxyl groups is 1. The number of benzene rings is 2. The molecule has 0 fully saturated rings. The lowest BCUT2D eigenvalue weighted by Crippen LogP contribution is -1.83. The van der Waals surface area contributed by atoms with Gasteiger partial charge in [0, 0.05) is 8.95 Å². The van der Waals surface area contributed by atoms with Crippen LogP contribution in [-0.4, -0.2) is 10.1 Å². The molecule has 0 saturated carbocycles. The molecule has 3 aromatic rings. The summed E-state index contributed by atoms with van der Waals surface area (Å²) in [6.07, 6.45) is 0. The Morgan fingerprint density at radius 1 is 1.00 bits per heavy atom. The predicted octanol–water partition coefficient (Wildman–Crippen LogP) is 3.91. The van der Waals surface area contributed by atoms with E-state index in [9.17, 15) is 0 Å². The van der Waals surface area contributed by atoms with Crippen molar-refractivity contribution in [1.82, 2.24) is 4.98 Å². The first kappa shape index (κ1) is 14.7. The number of nitrogens with two attached hydrogens (primary N) is 2. The predicted molar refractivity (Wildman–Crippen MR) is 86.3 cm³/mol. The molecule has 0 bridgehead atoms. The Kier molecular flexibility index (Phi) is 4.51. The second kappa shape index (κ2) is 6.15. The zero-order valence-corrected chi connectivity index (χ0v) is 13.3. The summed E-state index contributed by atoms with van der Waals surface area (Å²) in [4.78, 5) is 3.96. The van der Waals surface area contributed by atoms with E-state index in [-0.39, 0.29) is 11.8 Å². The largest absolute Gasteiger partial charge is 0.506 e. The number of rotatable bonds is 0. The number of oxazole rings is 1. The Morgan fingerprint density at radius 2 is 1.65 bits per heavy atom. The molecule has 0 unspecified atom stereocenters. The molecule has 5 nitrogen and oxygen atoms in total. The van der Waals surface area contributed by atoms with E-state index >= 15 is 0 Å². The van der Waals surface area contributed by atoms with Crippen molar-refractivity contribution in [2.75, 3.05) is 11.5 Å². The number of hydrogen-bond acceptors (Lipinski definition) is 5. The molecule has 2 aromatic carbocycles. The molecule has 0 amide bonds. The number of hydrogen-bond donors (Lipinski definition) is 3. The van der Waals surface area contributed by atoms with Crippen LogP contribution in [0.5, 0.6) is 5.75 Å². The molecule has 0 spiro atoms. The first-order valence-corrected chi connectivity index (χ1v) is 7.10. The minimum absolute atomic E-state index is 0.123. The van der Waals surface area contributed by atoms with Crippen LogP contribution >= 0.6 is 31.9 Å². The van der Waals surface area contributed by atoms with Gasteiger partial charge < -0.3 is 21.0 Å². The third kappa shape index (κ3) is 3.64. The second-order valence-electron chi connectivity index (χ2n) is 3.87. The summed E-state index contributed by atoms with van der Waals surface area (Å²) in [6, 6.07) is 10.7. The molecule has 104 valence electrons. The number of phenolic OH excluding ortho intramolecular Hbond substituents is 1. The normalized spacial score (nSPS) is 10.1. The smallest absolute Gasteiger partial charge is 0.292 e. The van der Waals surface area contributed by atoms with Crippen molar-refractivity contribution in [1.29, 1.82) is 0 Å². The summed E-state index contributed by atoms with van der Waals surface area (Å²) in [7, 11) is 0. The van der Waals surface area contributed by atoms with E-state index in [0.717, 1.165) is 14.5 Å². The van der Waals surface area contributed by atoms with Crippen molar-refractivity contribution >= 4 is 54.7 Å². The van der Waals surface area contributed by atoms with E-state index in [4.69, 9.17) is 21.0 Å². The Hall–Kier alpha value is -1.73. The number of aromatic nitrogens is 1. The summed E-state index contributed by atoms with van der Waals surface area (Å²) in [5, 5.41) is 8.90. The maximum Gasteiger partial charge on any atom is 0.292 e. The van der Waals surface area contributed by atoms with E-state index in [2.05, 4.69) is 36.8 Å². The Labute approximate surface area is 131 Å². The average molecular weight is 401 g/mol. The summed E-state index contributed by atoms with van der Waals surface area (Å²) in [6.45, 7) is 0. The number of fused-ring (bicyclic) bond motifs is 1. The molecular formula is C13H11Br2N3O2. The highest BCUT2D eigenvalue weighted by molar-refractivity contribution is 9.10. The zero-order valence-electron chi connectivity index (χ0n) is 10.2. The number of nitrogen functional groups attached to an aromatic ring is 2. The van der Waals surface area contributed by atoms with Gasteiger partial charge in [0.1, 0.15) is 11.3 Å². The molecule has 1 aromatic heterocycles. The van der Waals surface area contributed by atoms with Gasteiger partial charge in [-0.05, 0) is 36.4 Å². The van der Waals surface area contributed by atoms with Gasteiger partial charge in [0.25, 0.3) is 6.01 Å². The Balaban J connectivity index is 0.000000151. The molecule has 1 heterocycles. The van der Waals surface area contributed by atoms with Crippen molar-refractivity contribution in [3.8, 4) is 5.75 Å². The molecule has 7 heteroatoms. The van der Waals surface area contributed by atoms with Crippen molar-refractivity contribution in [2.24, 2.45) is 0 Å². The Morgan fingerprint density at radius 3 is 2.30 bits per heavy atom. The summed E-state index contributed by atoms with van der Waals surface area (Å²) < 4.78 is 6.91. The number of anilines is 2. The van der Waals surface area contributed by atoms with Crippen LogP contribution < -0.4 is 11.5 Å². The fraction of sp³-hybridized carbons (Fsp3) is 0. The lowest BCUT2D eigenvalue weighted by atomic mass is 10.3. The van der Waals surface area contributed by atoms with E-state index in [1.807, 2.05) is 18.2 Å². The molecule has 3 rings (SSSR count). The number of halogens is 2. The van der Waals surface area contributed by atoms with Crippen LogP contribution in [0, 0.1) is 0 Å².